The number of carbonyl (C=O) groups excluding carboxylic acids is 1. The molecule has 0 aliphatic carbocycles. The van der Waals surface area contributed by atoms with Gasteiger partial charge in [0.05, 0.1) is 28.7 Å². The Morgan fingerprint density at radius 2 is 1.83 bits per heavy atom. The molecule has 1 aromatic rings. The zero-order chi connectivity index (χ0) is 17.2. The van der Waals surface area contributed by atoms with E-state index >= 15 is 0 Å². The molecule has 2 heterocycles. The number of hydrogen-bond donors (Lipinski definition) is 2. The zero-order valence-corrected chi connectivity index (χ0v) is 15.1. The second kappa shape index (κ2) is 7.39. The van der Waals surface area contributed by atoms with Gasteiger partial charge in [-0.25, -0.2) is 8.42 Å². The number of anilines is 1. The van der Waals surface area contributed by atoms with Crippen LogP contribution in [0.25, 0.3) is 0 Å². The van der Waals surface area contributed by atoms with Crippen LogP contribution in [0.1, 0.15) is 25.7 Å². The Morgan fingerprint density at radius 1 is 1.17 bits per heavy atom. The van der Waals surface area contributed by atoms with Gasteiger partial charge < -0.3 is 10.2 Å². The number of likely N-dealkylation sites (tertiary alicyclic amines) is 1. The summed E-state index contributed by atoms with van der Waals surface area (Å²) in [5.74, 6) is -0.135. The maximum absolute atomic E-state index is 12.6. The fourth-order valence-electron chi connectivity index (χ4n) is 3.31. The van der Waals surface area contributed by atoms with E-state index in [0.29, 0.717) is 30.3 Å². The summed E-state index contributed by atoms with van der Waals surface area (Å²) in [7, 11) is -3.52. The predicted molar refractivity (Wildman–Crippen MR) is 92.9 cm³/mol. The van der Waals surface area contributed by atoms with E-state index in [0.717, 1.165) is 38.8 Å². The molecule has 2 saturated heterocycles. The number of quaternary nitrogens is 1. The smallest absolute Gasteiger partial charge is 0.279 e. The van der Waals surface area contributed by atoms with Crippen LogP contribution >= 0.6 is 11.6 Å². The van der Waals surface area contributed by atoms with Gasteiger partial charge in [0.15, 0.2) is 6.54 Å². The van der Waals surface area contributed by atoms with E-state index < -0.39 is 10.0 Å². The van der Waals surface area contributed by atoms with Crippen molar-refractivity contribution in [2.45, 2.75) is 30.6 Å². The maximum atomic E-state index is 12.6. The van der Waals surface area contributed by atoms with Gasteiger partial charge in [-0.15, -0.1) is 0 Å². The van der Waals surface area contributed by atoms with Crippen LogP contribution in [0.2, 0.25) is 5.02 Å². The SMILES string of the molecule is O=C(C[NH+]1CCCC1)Nc1cc(S(=O)(=O)N2CCCC2)ccc1Cl. The van der Waals surface area contributed by atoms with Gasteiger partial charge in [0.1, 0.15) is 0 Å². The first-order valence-electron chi connectivity index (χ1n) is 8.40. The molecular formula is C16H23ClN3O3S+. The van der Waals surface area contributed by atoms with E-state index in [4.69, 9.17) is 11.6 Å². The maximum Gasteiger partial charge on any atom is 0.279 e. The van der Waals surface area contributed by atoms with Crippen LogP contribution in [0.5, 0.6) is 0 Å². The molecule has 0 aromatic heterocycles. The van der Waals surface area contributed by atoms with Crippen LogP contribution in [-0.2, 0) is 14.8 Å². The molecule has 2 aliphatic rings. The van der Waals surface area contributed by atoms with E-state index in [-0.39, 0.29) is 10.8 Å². The molecule has 132 valence electrons. The Balaban J connectivity index is 1.74. The predicted octanol–water partition coefficient (Wildman–Crippen LogP) is 0.742. The first-order valence-corrected chi connectivity index (χ1v) is 10.2. The van der Waals surface area contributed by atoms with Gasteiger partial charge in [0.25, 0.3) is 5.91 Å². The molecule has 2 N–H and O–H groups in total. The average molecular weight is 373 g/mol. The van der Waals surface area contributed by atoms with Crippen LogP contribution < -0.4 is 10.2 Å². The fourth-order valence-corrected chi connectivity index (χ4v) is 5.02. The lowest BCUT2D eigenvalue weighted by molar-refractivity contribution is -0.878. The molecular weight excluding hydrogens is 350 g/mol. The van der Waals surface area contributed by atoms with Gasteiger partial charge in [0.2, 0.25) is 10.0 Å². The zero-order valence-electron chi connectivity index (χ0n) is 13.6. The highest BCUT2D eigenvalue weighted by Crippen LogP contribution is 2.28. The molecule has 1 amide bonds. The van der Waals surface area contributed by atoms with Crippen molar-refractivity contribution < 1.29 is 18.1 Å². The lowest BCUT2D eigenvalue weighted by Crippen LogP contribution is -3.11. The van der Waals surface area contributed by atoms with Crippen LogP contribution in [-0.4, -0.2) is 51.4 Å². The molecule has 0 bridgehead atoms. The third-order valence-electron chi connectivity index (χ3n) is 4.64. The molecule has 2 aliphatic heterocycles. The third kappa shape index (κ3) is 3.91. The van der Waals surface area contributed by atoms with Gasteiger partial charge >= 0.3 is 0 Å². The van der Waals surface area contributed by atoms with Crippen molar-refractivity contribution >= 4 is 33.2 Å². The Hall–Kier alpha value is -1.15. The average Bonchev–Trinajstić information content (AvgIpc) is 3.22. The molecule has 0 spiro atoms. The number of carbonyl (C=O) groups is 1. The number of hydrogen-bond acceptors (Lipinski definition) is 3. The lowest BCUT2D eigenvalue weighted by Gasteiger charge is -2.17. The van der Waals surface area contributed by atoms with Crippen LogP contribution in [0, 0.1) is 0 Å². The molecule has 0 atom stereocenters. The topological polar surface area (TPSA) is 70.9 Å². The van der Waals surface area contributed by atoms with Crippen LogP contribution in [0.3, 0.4) is 0 Å². The van der Waals surface area contributed by atoms with Gasteiger partial charge in [-0.2, -0.15) is 4.31 Å². The number of nitrogens with one attached hydrogen (secondary N) is 2. The number of halogens is 1. The minimum Gasteiger partial charge on any atom is -0.327 e. The lowest BCUT2D eigenvalue weighted by atomic mass is 10.3. The van der Waals surface area contributed by atoms with E-state index in [2.05, 4.69) is 5.32 Å². The minimum atomic E-state index is -3.52. The van der Waals surface area contributed by atoms with Crippen molar-refractivity contribution in [2.24, 2.45) is 0 Å². The van der Waals surface area contributed by atoms with Crippen molar-refractivity contribution in [1.82, 2.24) is 4.31 Å². The van der Waals surface area contributed by atoms with Crippen LogP contribution in [0.15, 0.2) is 23.1 Å². The highest BCUT2D eigenvalue weighted by molar-refractivity contribution is 7.89. The van der Waals surface area contributed by atoms with E-state index in [1.165, 1.54) is 27.4 Å². The number of nitrogens with zero attached hydrogens (tertiary/aromatic N) is 1. The number of sulfonamides is 1. The summed E-state index contributed by atoms with van der Waals surface area (Å²) < 4.78 is 26.7. The van der Waals surface area contributed by atoms with E-state index in [1.807, 2.05) is 0 Å². The summed E-state index contributed by atoms with van der Waals surface area (Å²) in [6, 6.07) is 4.49. The Kier molecular flexibility index (Phi) is 5.44. The standard InChI is InChI=1S/C16H22ClN3O3S/c17-14-6-5-13(24(22,23)20-9-3-4-10-20)11-15(14)18-16(21)12-19-7-1-2-8-19/h5-6,11H,1-4,7-10,12H2,(H,18,21)/p+1. The van der Waals surface area contributed by atoms with Gasteiger partial charge in [-0.05, 0) is 31.0 Å². The van der Waals surface area contributed by atoms with E-state index in [9.17, 15) is 13.2 Å². The molecule has 0 radical (unpaired) electrons. The summed E-state index contributed by atoms with van der Waals surface area (Å²) in [5.41, 5.74) is 0.362. The van der Waals surface area contributed by atoms with Gasteiger partial charge in [0, 0.05) is 25.9 Å². The summed E-state index contributed by atoms with van der Waals surface area (Å²) in [6.07, 6.45) is 4.06. The molecule has 3 rings (SSSR count). The number of benzene rings is 1. The number of rotatable bonds is 5. The van der Waals surface area contributed by atoms with Crippen molar-refractivity contribution in [3.63, 3.8) is 0 Å². The van der Waals surface area contributed by atoms with Crippen molar-refractivity contribution in [2.75, 3.05) is 38.0 Å². The van der Waals surface area contributed by atoms with E-state index in [1.54, 1.807) is 0 Å². The largest absolute Gasteiger partial charge is 0.327 e. The molecule has 1 aromatic carbocycles. The minimum absolute atomic E-state index is 0.135. The monoisotopic (exact) mass is 372 g/mol. The summed E-state index contributed by atoms with van der Waals surface area (Å²) >= 11 is 6.14. The molecule has 2 fully saturated rings. The van der Waals surface area contributed by atoms with Gasteiger partial charge in [-0.3, -0.25) is 4.79 Å². The molecule has 8 heteroatoms. The summed E-state index contributed by atoms with van der Waals surface area (Å²) in [5, 5.41) is 3.11. The number of amides is 1. The van der Waals surface area contributed by atoms with Gasteiger partial charge in [-0.1, -0.05) is 11.6 Å². The third-order valence-corrected chi connectivity index (χ3v) is 6.86. The molecule has 0 unspecified atom stereocenters. The molecule has 6 nitrogen and oxygen atoms in total. The van der Waals surface area contributed by atoms with Crippen molar-refractivity contribution in [1.29, 1.82) is 0 Å². The second-order valence-electron chi connectivity index (χ2n) is 6.43. The summed E-state index contributed by atoms with van der Waals surface area (Å²) in [6.45, 7) is 3.49. The quantitative estimate of drug-likeness (QED) is 0.801. The first kappa shape index (κ1) is 17.7. The Labute approximate surface area is 147 Å². The van der Waals surface area contributed by atoms with Crippen molar-refractivity contribution in [3.8, 4) is 0 Å². The summed E-state index contributed by atoms with van der Waals surface area (Å²) in [4.78, 5) is 13.6. The second-order valence-corrected chi connectivity index (χ2v) is 8.78. The Bertz CT molecular complexity index is 711. The molecule has 24 heavy (non-hydrogen) atoms. The Morgan fingerprint density at radius 3 is 2.50 bits per heavy atom. The fraction of sp³-hybridized carbons (Fsp3) is 0.562. The first-order chi connectivity index (χ1) is 11.5. The van der Waals surface area contributed by atoms with Crippen molar-refractivity contribution in [3.05, 3.63) is 23.2 Å². The normalized spacial score (nSPS) is 19.7. The highest BCUT2D eigenvalue weighted by atomic mass is 35.5. The van der Waals surface area contributed by atoms with Crippen LogP contribution in [0.4, 0.5) is 5.69 Å². The molecule has 0 saturated carbocycles. The highest BCUT2D eigenvalue weighted by Gasteiger charge is 2.28.